The summed E-state index contributed by atoms with van der Waals surface area (Å²) in [5, 5.41) is 5.78. The predicted octanol–water partition coefficient (Wildman–Crippen LogP) is 3.53. The fourth-order valence-electron chi connectivity index (χ4n) is 1.56. The SMILES string of the molecule is Cc1ccc(C(=O)OCc2nc(-c3cccs3)no2)s1. The summed E-state index contributed by atoms with van der Waals surface area (Å²) >= 11 is 2.92. The summed E-state index contributed by atoms with van der Waals surface area (Å²) in [6, 6.07) is 7.44. The van der Waals surface area contributed by atoms with Gasteiger partial charge < -0.3 is 9.26 Å². The lowest BCUT2D eigenvalue weighted by molar-refractivity contribution is 0.0435. The summed E-state index contributed by atoms with van der Waals surface area (Å²) in [5.74, 6) is 0.423. The van der Waals surface area contributed by atoms with Crippen LogP contribution in [0.5, 0.6) is 0 Å². The summed E-state index contributed by atoms with van der Waals surface area (Å²) in [5.41, 5.74) is 0. The Kier molecular flexibility index (Phi) is 3.62. The van der Waals surface area contributed by atoms with E-state index in [2.05, 4.69) is 10.1 Å². The number of thiophene rings is 2. The van der Waals surface area contributed by atoms with Gasteiger partial charge in [0, 0.05) is 4.88 Å². The molecule has 0 N–H and O–H groups in total. The maximum atomic E-state index is 11.8. The van der Waals surface area contributed by atoms with E-state index in [0.29, 0.717) is 10.7 Å². The topological polar surface area (TPSA) is 65.2 Å². The van der Waals surface area contributed by atoms with Crippen LogP contribution >= 0.6 is 22.7 Å². The Morgan fingerprint density at radius 1 is 1.40 bits per heavy atom. The first-order chi connectivity index (χ1) is 9.72. The summed E-state index contributed by atoms with van der Waals surface area (Å²) in [6.07, 6.45) is 0. The van der Waals surface area contributed by atoms with Gasteiger partial charge in [-0.3, -0.25) is 0 Å². The maximum absolute atomic E-state index is 11.8. The van der Waals surface area contributed by atoms with Crippen molar-refractivity contribution >= 4 is 28.6 Å². The van der Waals surface area contributed by atoms with Gasteiger partial charge in [-0.25, -0.2) is 4.79 Å². The lowest BCUT2D eigenvalue weighted by atomic mass is 10.4. The molecule has 3 rings (SSSR count). The van der Waals surface area contributed by atoms with Gasteiger partial charge in [-0.15, -0.1) is 22.7 Å². The van der Waals surface area contributed by atoms with E-state index in [-0.39, 0.29) is 18.5 Å². The molecule has 0 unspecified atom stereocenters. The molecular formula is C13H10N2O3S2. The number of rotatable bonds is 4. The van der Waals surface area contributed by atoms with Crippen molar-refractivity contribution in [1.29, 1.82) is 0 Å². The number of esters is 1. The molecule has 0 bridgehead atoms. The predicted molar refractivity (Wildman–Crippen MR) is 75.8 cm³/mol. The Morgan fingerprint density at radius 2 is 2.30 bits per heavy atom. The van der Waals surface area contributed by atoms with E-state index in [1.54, 1.807) is 6.07 Å². The lowest BCUT2D eigenvalue weighted by Gasteiger charge is -1.98. The van der Waals surface area contributed by atoms with Gasteiger partial charge in [-0.2, -0.15) is 4.98 Å². The second-order valence-corrected chi connectivity index (χ2v) is 6.21. The Hall–Kier alpha value is -1.99. The van der Waals surface area contributed by atoms with Crippen molar-refractivity contribution in [1.82, 2.24) is 10.1 Å². The van der Waals surface area contributed by atoms with Crippen molar-refractivity contribution in [2.45, 2.75) is 13.5 Å². The molecule has 5 nitrogen and oxygen atoms in total. The summed E-state index contributed by atoms with van der Waals surface area (Å²) in [6.45, 7) is 1.92. The standard InChI is InChI=1S/C13H10N2O3S2/c1-8-4-5-10(20-8)13(16)17-7-11-14-12(15-18-11)9-3-2-6-19-9/h2-6H,7H2,1H3. The molecule has 0 spiro atoms. The van der Waals surface area contributed by atoms with Crippen molar-refractivity contribution in [3.8, 4) is 10.7 Å². The molecule has 102 valence electrons. The van der Waals surface area contributed by atoms with Crippen molar-refractivity contribution in [2.75, 3.05) is 0 Å². The van der Waals surface area contributed by atoms with Crippen LogP contribution in [0.1, 0.15) is 20.4 Å². The molecule has 3 aromatic rings. The quantitative estimate of drug-likeness (QED) is 0.690. The van der Waals surface area contributed by atoms with Crippen LogP contribution in [-0.4, -0.2) is 16.1 Å². The minimum atomic E-state index is -0.376. The summed E-state index contributed by atoms with van der Waals surface area (Å²) in [7, 11) is 0. The van der Waals surface area contributed by atoms with E-state index in [4.69, 9.17) is 9.26 Å². The van der Waals surface area contributed by atoms with Gasteiger partial charge in [0.1, 0.15) is 4.88 Å². The van der Waals surface area contributed by atoms with Crippen LogP contribution in [0, 0.1) is 6.92 Å². The van der Waals surface area contributed by atoms with E-state index in [0.717, 1.165) is 9.75 Å². The van der Waals surface area contributed by atoms with E-state index in [1.807, 2.05) is 30.5 Å². The number of ether oxygens (including phenoxy) is 1. The van der Waals surface area contributed by atoms with E-state index in [1.165, 1.54) is 22.7 Å². The first-order valence-electron chi connectivity index (χ1n) is 5.82. The number of carbonyl (C=O) groups is 1. The molecule has 3 heterocycles. The zero-order chi connectivity index (χ0) is 13.9. The van der Waals surface area contributed by atoms with Gasteiger partial charge in [0.05, 0.1) is 4.88 Å². The second-order valence-electron chi connectivity index (χ2n) is 3.98. The monoisotopic (exact) mass is 306 g/mol. The lowest BCUT2D eigenvalue weighted by Crippen LogP contribution is -2.03. The highest BCUT2D eigenvalue weighted by atomic mass is 32.1. The average Bonchev–Trinajstić information content (AvgIpc) is 3.16. The zero-order valence-electron chi connectivity index (χ0n) is 10.5. The highest BCUT2D eigenvalue weighted by Gasteiger charge is 2.13. The molecular weight excluding hydrogens is 296 g/mol. The second kappa shape index (κ2) is 5.56. The maximum Gasteiger partial charge on any atom is 0.348 e. The summed E-state index contributed by atoms with van der Waals surface area (Å²) < 4.78 is 10.2. The van der Waals surface area contributed by atoms with Crippen LogP contribution in [0.15, 0.2) is 34.2 Å². The van der Waals surface area contributed by atoms with Crippen molar-refractivity contribution in [2.24, 2.45) is 0 Å². The summed E-state index contributed by atoms with van der Waals surface area (Å²) in [4.78, 5) is 18.5. The molecule has 20 heavy (non-hydrogen) atoms. The molecule has 0 radical (unpaired) electrons. The van der Waals surface area contributed by atoms with Gasteiger partial charge in [0.25, 0.3) is 5.89 Å². The fourth-order valence-corrected chi connectivity index (χ4v) is 2.97. The number of hydrogen-bond acceptors (Lipinski definition) is 7. The Morgan fingerprint density at radius 3 is 3.00 bits per heavy atom. The van der Waals surface area contributed by atoms with Crippen LogP contribution in [0.2, 0.25) is 0 Å². The van der Waals surface area contributed by atoms with Gasteiger partial charge in [-0.1, -0.05) is 11.2 Å². The number of nitrogens with zero attached hydrogens (tertiary/aromatic N) is 2. The highest BCUT2D eigenvalue weighted by Crippen LogP contribution is 2.21. The molecule has 0 aliphatic rings. The smallest absolute Gasteiger partial charge is 0.348 e. The van der Waals surface area contributed by atoms with Gasteiger partial charge >= 0.3 is 5.97 Å². The first-order valence-corrected chi connectivity index (χ1v) is 7.52. The number of carbonyl (C=O) groups excluding carboxylic acids is 1. The van der Waals surface area contributed by atoms with Crippen LogP contribution in [-0.2, 0) is 11.3 Å². The van der Waals surface area contributed by atoms with Crippen molar-refractivity contribution in [3.05, 3.63) is 45.3 Å². The molecule has 0 atom stereocenters. The van der Waals surface area contributed by atoms with Crippen molar-refractivity contribution < 1.29 is 14.1 Å². The molecule has 0 aliphatic carbocycles. The number of aromatic nitrogens is 2. The molecule has 0 fully saturated rings. The normalized spacial score (nSPS) is 10.7. The van der Waals surface area contributed by atoms with Gasteiger partial charge in [-0.05, 0) is 30.5 Å². The van der Waals surface area contributed by atoms with Crippen LogP contribution in [0.4, 0.5) is 0 Å². The molecule has 0 amide bonds. The highest BCUT2D eigenvalue weighted by molar-refractivity contribution is 7.14. The fraction of sp³-hybridized carbons (Fsp3) is 0.154. The third-order valence-corrected chi connectivity index (χ3v) is 4.32. The molecule has 0 aliphatic heterocycles. The minimum absolute atomic E-state index is 0.0197. The van der Waals surface area contributed by atoms with E-state index < -0.39 is 0 Å². The van der Waals surface area contributed by atoms with Gasteiger partial charge in [0.2, 0.25) is 5.82 Å². The van der Waals surface area contributed by atoms with Crippen LogP contribution in [0.3, 0.4) is 0 Å². The van der Waals surface area contributed by atoms with E-state index >= 15 is 0 Å². The minimum Gasteiger partial charge on any atom is -0.451 e. The van der Waals surface area contributed by atoms with Crippen molar-refractivity contribution in [3.63, 3.8) is 0 Å². The third-order valence-electron chi connectivity index (χ3n) is 2.48. The van der Waals surface area contributed by atoms with Crippen LogP contribution < -0.4 is 0 Å². The Labute approximate surface area is 122 Å². The first kappa shape index (κ1) is 13.0. The Bertz CT molecular complexity index is 716. The molecule has 7 heteroatoms. The van der Waals surface area contributed by atoms with Gasteiger partial charge in [0.15, 0.2) is 6.61 Å². The molecule has 3 aromatic heterocycles. The molecule has 0 aromatic carbocycles. The molecule has 0 saturated carbocycles. The Balaban J connectivity index is 1.63. The third kappa shape index (κ3) is 2.78. The molecule has 0 saturated heterocycles. The van der Waals surface area contributed by atoms with Crippen LogP contribution in [0.25, 0.3) is 10.7 Å². The van der Waals surface area contributed by atoms with E-state index in [9.17, 15) is 4.79 Å². The zero-order valence-corrected chi connectivity index (χ0v) is 12.2. The number of hydrogen-bond donors (Lipinski definition) is 0. The average molecular weight is 306 g/mol. The largest absolute Gasteiger partial charge is 0.451 e. The number of aryl methyl sites for hydroxylation is 1.